The zero-order valence-corrected chi connectivity index (χ0v) is 14.0. The lowest BCUT2D eigenvalue weighted by molar-refractivity contribution is -0.130. The van der Waals surface area contributed by atoms with Crippen LogP contribution in [-0.2, 0) is 11.2 Å². The predicted molar refractivity (Wildman–Crippen MR) is 92.3 cm³/mol. The van der Waals surface area contributed by atoms with E-state index in [4.69, 9.17) is 4.42 Å². The van der Waals surface area contributed by atoms with Crippen molar-refractivity contribution in [2.45, 2.75) is 38.5 Å². The lowest BCUT2D eigenvalue weighted by atomic mass is 10.0. The molecule has 2 aromatic rings. The van der Waals surface area contributed by atoms with Crippen molar-refractivity contribution < 1.29 is 9.21 Å². The predicted octanol–water partition coefficient (Wildman–Crippen LogP) is 3.92. The van der Waals surface area contributed by atoms with E-state index < -0.39 is 0 Å². The molecule has 2 atom stereocenters. The van der Waals surface area contributed by atoms with Crippen molar-refractivity contribution in [1.82, 2.24) is 9.88 Å². The third kappa shape index (κ3) is 3.23. The van der Waals surface area contributed by atoms with Crippen molar-refractivity contribution in [3.05, 3.63) is 42.4 Å². The molecule has 4 heteroatoms. The Kier molecular flexibility index (Phi) is 4.37. The van der Waals surface area contributed by atoms with Crippen LogP contribution in [0, 0.1) is 11.8 Å². The summed E-state index contributed by atoms with van der Waals surface area (Å²) in [5, 5.41) is 0. The van der Waals surface area contributed by atoms with Gasteiger partial charge in [0.15, 0.2) is 11.7 Å². The van der Waals surface area contributed by atoms with Gasteiger partial charge in [-0.25, -0.2) is 4.98 Å². The summed E-state index contributed by atoms with van der Waals surface area (Å²) >= 11 is 0. The second-order valence-electron chi connectivity index (χ2n) is 7.09. The zero-order chi connectivity index (χ0) is 16.4. The molecule has 0 N–H and O–H groups in total. The molecule has 2 heterocycles. The molecule has 24 heavy (non-hydrogen) atoms. The molecular weight excluding hydrogens is 300 g/mol. The average molecular weight is 324 g/mol. The first-order valence-corrected chi connectivity index (χ1v) is 9.07. The van der Waals surface area contributed by atoms with Crippen LogP contribution >= 0.6 is 0 Å². The van der Waals surface area contributed by atoms with Crippen LogP contribution in [0.5, 0.6) is 0 Å². The molecule has 1 saturated heterocycles. The van der Waals surface area contributed by atoms with Crippen molar-refractivity contribution >= 4 is 5.91 Å². The van der Waals surface area contributed by atoms with Gasteiger partial charge in [0.1, 0.15) is 0 Å². The first kappa shape index (κ1) is 15.4. The van der Waals surface area contributed by atoms with Crippen molar-refractivity contribution in [1.29, 1.82) is 0 Å². The highest BCUT2D eigenvalue weighted by molar-refractivity contribution is 5.76. The van der Waals surface area contributed by atoms with E-state index in [1.165, 1.54) is 19.3 Å². The summed E-state index contributed by atoms with van der Waals surface area (Å²) in [7, 11) is 0. The molecule has 126 valence electrons. The number of benzene rings is 1. The minimum atomic E-state index is 0.305. The van der Waals surface area contributed by atoms with E-state index in [9.17, 15) is 4.79 Å². The van der Waals surface area contributed by atoms with Gasteiger partial charge in [0.25, 0.3) is 0 Å². The van der Waals surface area contributed by atoms with Crippen LogP contribution in [0.15, 0.2) is 40.9 Å². The van der Waals surface area contributed by atoms with Crippen LogP contribution in [0.25, 0.3) is 11.3 Å². The van der Waals surface area contributed by atoms with Crippen LogP contribution in [-0.4, -0.2) is 28.9 Å². The number of hydrogen-bond donors (Lipinski definition) is 0. The summed E-state index contributed by atoms with van der Waals surface area (Å²) in [6, 6.07) is 9.98. The molecule has 4 nitrogen and oxygen atoms in total. The molecule has 1 aliphatic carbocycles. The molecular formula is C20H24N2O2. The highest BCUT2D eigenvalue weighted by Gasteiger charge is 2.37. The summed E-state index contributed by atoms with van der Waals surface area (Å²) in [5.41, 5.74) is 1.04. The van der Waals surface area contributed by atoms with Crippen molar-refractivity contribution in [2.75, 3.05) is 13.1 Å². The van der Waals surface area contributed by atoms with E-state index in [0.717, 1.165) is 55.0 Å². The van der Waals surface area contributed by atoms with Gasteiger partial charge in [0, 0.05) is 31.5 Å². The van der Waals surface area contributed by atoms with E-state index in [0.29, 0.717) is 12.3 Å². The molecule has 0 unspecified atom stereocenters. The van der Waals surface area contributed by atoms with Gasteiger partial charge < -0.3 is 9.32 Å². The van der Waals surface area contributed by atoms with Crippen LogP contribution in [0.4, 0.5) is 0 Å². The molecule has 0 spiro atoms. The average Bonchev–Trinajstić information content (AvgIpc) is 3.31. The van der Waals surface area contributed by atoms with E-state index >= 15 is 0 Å². The molecule has 1 aromatic carbocycles. The quantitative estimate of drug-likeness (QED) is 0.837. The first-order valence-electron chi connectivity index (χ1n) is 9.07. The Bertz CT molecular complexity index is 683. The molecule has 2 fully saturated rings. The highest BCUT2D eigenvalue weighted by atomic mass is 16.4. The lowest BCUT2D eigenvalue weighted by Gasteiger charge is -2.16. The monoisotopic (exact) mass is 324 g/mol. The van der Waals surface area contributed by atoms with E-state index in [-0.39, 0.29) is 0 Å². The number of hydrogen-bond acceptors (Lipinski definition) is 3. The number of aryl methyl sites for hydroxylation is 1. The molecule has 1 aromatic heterocycles. The minimum absolute atomic E-state index is 0.305. The molecule has 1 aliphatic heterocycles. The van der Waals surface area contributed by atoms with Gasteiger partial charge in [-0.05, 0) is 31.1 Å². The largest absolute Gasteiger partial charge is 0.441 e. The van der Waals surface area contributed by atoms with Gasteiger partial charge in [-0.2, -0.15) is 0 Å². The molecule has 4 rings (SSSR count). The number of carbonyl (C=O) groups is 1. The topological polar surface area (TPSA) is 46.3 Å². The SMILES string of the molecule is O=C(CCCc1ncc(-c2ccccc2)o1)N1C[C@H]2CCC[C@@H]2C1. The maximum Gasteiger partial charge on any atom is 0.222 e. The summed E-state index contributed by atoms with van der Waals surface area (Å²) < 4.78 is 5.80. The van der Waals surface area contributed by atoms with Gasteiger partial charge in [0.05, 0.1) is 6.20 Å². The van der Waals surface area contributed by atoms with Gasteiger partial charge in [-0.3, -0.25) is 4.79 Å². The number of carbonyl (C=O) groups excluding carboxylic acids is 1. The third-order valence-corrected chi connectivity index (χ3v) is 5.47. The first-order chi connectivity index (χ1) is 11.8. The Morgan fingerprint density at radius 3 is 2.67 bits per heavy atom. The fourth-order valence-electron chi connectivity index (χ4n) is 4.15. The summed E-state index contributed by atoms with van der Waals surface area (Å²) in [4.78, 5) is 18.8. The number of likely N-dealkylation sites (tertiary alicyclic amines) is 1. The molecule has 1 amide bonds. The smallest absolute Gasteiger partial charge is 0.222 e. The van der Waals surface area contributed by atoms with Crippen LogP contribution in [0.1, 0.15) is 38.0 Å². The Hall–Kier alpha value is -2.10. The maximum absolute atomic E-state index is 12.4. The third-order valence-electron chi connectivity index (χ3n) is 5.47. The van der Waals surface area contributed by atoms with Crippen molar-refractivity contribution in [3.63, 3.8) is 0 Å². The second-order valence-corrected chi connectivity index (χ2v) is 7.09. The van der Waals surface area contributed by atoms with Crippen LogP contribution < -0.4 is 0 Å². The number of aromatic nitrogens is 1. The van der Waals surface area contributed by atoms with Crippen LogP contribution in [0.3, 0.4) is 0 Å². The van der Waals surface area contributed by atoms with Gasteiger partial charge in [-0.15, -0.1) is 0 Å². The summed E-state index contributed by atoms with van der Waals surface area (Å²) in [6.07, 6.45) is 7.88. The highest BCUT2D eigenvalue weighted by Crippen LogP contribution is 2.37. The van der Waals surface area contributed by atoms with Gasteiger partial charge in [-0.1, -0.05) is 36.8 Å². The number of nitrogens with zero attached hydrogens (tertiary/aromatic N) is 2. The molecule has 0 radical (unpaired) electrons. The van der Waals surface area contributed by atoms with Crippen molar-refractivity contribution in [2.24, 2.45) is 11.8 Å². The molecule has 0 bridgehead atoms. The fraction of sp³-hybridized carbons (Fsp3) is 0.500. The van der Waals surface area contributed by atoms with E-state index in [1.807, 2.05) is 30.3 Å². The molecule has 1 saturated carbocycles. The summed E-state index contributed by atoms with van der Waals surface area (Å²) in [5.74, 6) is 3.37. The fourth-order valence-corrected chi connectivity index (χ4v) is 4.15. The minimum Gasteiger partial charge on any atom is -0.441 e. The lowest BCUT2D eigenvalue weighted by Crippen LogP contribution is -2.29. The Balaban J connectivity index is 1.26. The van der Waals surface area contributed by atoms with Crippen molar-refractivity contribution in [3.8, 4) is 11.3 Å². The normalized spacial score (nSPS) is 22.8. The van der Waals surface area contributed by atoms with E-state index in [2.05, 4.69) is 9.88 Å². The van der Waals surface area contributed by atoms with E-state index in [1.54, 1.807) is 6.20 Å². The van der Waals surface area contributed by atoms with Gasteiger partial charge >= 0.3 is 0 Å². The van der Waals surface area contributed by atoms with Gasteiger partial charge in [0.2, 0.25) is 5.91 Å². The Morgan fingerprint density at radius 2 is 1.92 bits per heavy atom. The summed E-state index contributed by atoms with van der Waals surface area (Å²) in [6.45, 7) is 1.97. The maximum atomic E-state index is 12.4. The number of rotatable bonds is 5. The standard InChI is InChI=1S/C20H24N2O2/c23-20(22-13-16-8-4-9-17(16)14-22)11-5-10-19-21-12-18(24-19)15-6-2-1-3-7-15/h1-3,6-7,12,16-17H,4-5,8-11,13-14H2/t16-,17-/m1/s1. The second kappa shape index (κ2) is 6.80. The molecule has 2 aliphatic rings. The number of fused-ring (bicyclic) bond motifs is 1. The Labute approximate surface area is 142 Å². The number of oxazole rings is 1. The Morgan fingerprint density at radius 1 is 1.17 bits per heavy atom. The van der Waals surface area contributed by atoms with Crippen LogP contribution in [0.2, 0.25) is 0 Å². The number of amides is 1. The zero-order valence-electron chi connectivity index (χ0n) is 14.0.